The van der Waals surface area contributed by atoms with Crippen molar-refractivity contribution in [3.63, 3.8) is 0 Å². The van der Waals surface area contributed by atoms with Gasteiger partial charge in [0.25, 0.3) is 0 Å². The number of β-amino-alcohol motifs (C(OH)–C–C–N with tert-alkyl or cyclic N) is 1. The van der Waals surface area contributed by atoms with Crippen LogP contribution in [0.2, 0.25) is 0 Å². The van der Waals surface area contributed by atoms with Crippen LogP contribution in [-0.2, 0) is 25.5 Å². The van der Waals surface area contributed by atoms with Gasteiger partial charge < -0.3 is 20.1 Å². The van der Waals surface area contributed by atoms with Crippen LogP contribution in [0.3, 0.4) is 0 Å². The summed E-state index contributed by atoms with van der Waals surface area (Å²) >= 11 is 0. The molecular formula is C17H22N2O5. The van der Waals surface area contributed by atoms with Gasteiger partial charge in [-0.25, -0.2) is 4.79 Å². The summed E-state index contributed by atoms with van der Waals surface area (Å²) in [6.07, 6.45) is -0.297. The Balaban J connectivity index is 2.09. The van der Waals surface area contributed by atoms with E-state index in [9.17, 15) is 19.5 Å². The number of ether oxygens (including phenoxy) is 1. The fourth-order valence-electron chi connectivity index (χ4n) is 2.86. The number of carbonyl (C=O) groups is 3. The maximum atomic E-state index is 12.5. The highest BCUT2D eigenvalue weighted by molar-refractivity contribution is 5.91. The quantitative estimate of drug-likeness (QED) is 0.731. The SMILES string of the molecule is COC(=O)[C@@H](Cc1ccccc1)NC(=O)[C@@H]1C[C@@H](O)CN1C(C)=O. The number of rotatable bonds is 5. The third-order valence-corrected chi connectivity index (χ3v) is 4.07. The number of likely N-dealkylation sites (tertiary alicyclic amines) is 1. The van der Waals surface area contributed by atoms with Gasteiger partial charge >= 0.3 is 5.97 Å². The molecule has 1 fully saturated rings. The molecule has 0 aliphatic carbocycles. The number of aliphatic hydroxyl groups excluding tert-OH is 1. The standard InChI is InChI=1S/C17H22N2O5/c1-11(20)19-10-13(21)9-15(19)16(22)18-14(17(23)24-2)8-12-6-4-3-5-7-12/h3-7,13-15,21H,8-10H2,1-2H3,(H,18,22)/t13-,14-,15+/m1/s1. The van der Waals surface area contributed by atoms with Crippen LogP contribution in [-0.4, -0.2) is 59.6 Å². The third-order valence-electron chi connectivity index (χ3n) is 4.07. The number of nitrogens with one attached hydrogen (secondary N) is 1. The van der Waals surface area contributed by atoms with Crippen LogP contribution in [0.4, 0.5) is 0 Å². The molecular weight excluding hydrogens is 312 g/mol. The summed E-state index contributed by atoms with van der Waals surface area (Å²) in [5, 5.41) is 12.4. The van der Waals surface area contributed by atoms with Gasteiger partial charge in [0, 0.05) is 26.3 Å². The van der Waals surface area contributed by atoms with Crippen LogP contribution < -0.4 is 5.32 Å². The molecule has 2 N–H and O–H groups in total. The number of carbonyl (C=O) groups excluding carboxylic acids is 3. The first-order chi connectivity index (χ1) is 11.4. The van der Waals surface area contributed by atoms with Crippen molar-refractivity contribution in [1.82, 2.24) is 10.2 Å². The Kier molecular flexibility index (Phi) is 5.92. The number of nitrogens with zero attached hydrogens (tertiary/aromatic N) is 1. The number of amides is 2. The molecule has 2 rings (SSSR count). The molecule has 1 heterocycles. The fourth-order valence-corrected chi connectivity index (χ4v) is 2.86. The molecule has 1 aromatic carbocycles. The third kappa shape index (κ3) is 4.32. The zero-order valence-electron chi connectivity index (χ0n) is 13.8. The molecule has 24 heavy (non-hydrogen) atoms. The van der Waals surface area contributed by atoms with E-state index in [1.54, 1.807) is 0 Å². The van der Waals surface area contributed by atoms with Crippen LogP contribution >= 0.6 is 0 Å². The van der Waals surface area contributed by atoms with E-state index in [4.69, 9.17) is 4.74 Å². The lowest BCUT2D eigenvalue weighted by Crippen LogP contribution is -2.51. The molecule has 0 aromatic heterocycles. The van der Waals surface area contributed by atoms with Gasteiger partial charge in [-0.15, -0.1) is 0 Å². The highest BCUT2D eigenvalue weighted by atomic mass is 16.5. The van der Waals surface area contributed by atoms with Crippen molar-refractivity contribution < 1.29 is 24.2 Å². The zero-order chi connectivity index (χ0) is 17.7. The number of esters is 1. The van der Waals surface area contributed by atoms with Crippen molar-refractivity contribution in [1.29, 1.82) is 0 Å². The second kappa shape index (κ2) is 7.92. The molecule has 1 aliphatic heterocycles. The van der Waals surface area contributed by atoms with Crippen molar-refractivity contribution in [3.8, 4) is 0 Å². The summed E-state index contributed by atoms with van der Waals surface area (Å²) in [7, 11) is 1.26. The summed E-state index contributed by atoms with van der Waals surface area (Å²) in [4.78, 5) is 37.4. The largest absolute Gasteiger partial charge is 0.467 e. The summed E-state index contributed by atoms with van der Waals surface area (Å²) in [5.74, 6) is -1.31. The first kappa shape index (κ1) is 17.9. The molecule has 3 atom stereocenters. The molecule has 0 radical (unpaired) electrons. The normalized spacial score (nSPS) is 21.2. The van der Waals surface area contributed by atoms with Crippen molar-refractivity contribution in [2.75, 3.05) is 13.7 Å². The van der Waals surface area contributed by atoms with Gasteiger partial charge in [0.15, 0.2) is 0 Å². The van der Waals surface area contributed by atoms with Crippen molar-refractivity contribution >= 4 is 17.8 Å². The zero-order valence-corrected chi connectivity index (χ0v) is 13.8. The first-order valence-corrected chi connectivity index (χ1v) is 7.79. The van der Waals surface area contributed by atoms with Gasteiger partial charge in [0.05, 0.1) is 13.2 Å². The predicted octanol–water partition coefficient (Wildman–Crippen LogP) is -0.131. The van der Waals surface area contributed by atoms with E-state index in [0.717, 1.165) is 5.56 Å². The van der Waals surface area contributed by atoms with E-state index in [-0.39, 0.29) is 25.3 Å². The average Bonchev–Trinajstić information content (AvgIpc) is 2.96. The van der Waals surface area contributed by atoms with E-state index in [2.05, 4.69) is 5.32 Å². The first-order valence-electron chi connectivity index (χ1n) is 7.79. The van der Waals surface area contributed by atoms with Crippen molar-refractivity contribution in [2.45, 2.75) is 38.0 Å². The number of aliphatic hydroxyl groups is 1. The molecule has 0 saturated carbocycles. The number of benzene rings is 1. The molecule has 7 heteroatoms. The fraction of sp³-hybridized carbons (Fsp3) is 0.471. The van der Waals surface area contributed by atoms with Gasteiger partial charge in [-0.2, -0.15) is 0 Å². The molecule has 1 aliphatic rings. The predicted molar refractivity (Wildman–Crippen MR) is 85.9 cm³/mol. The number of methoxy groups -OCH3 is 1. The molecule has 2 amide bonds. The molecule has 130 valence electrons. The second-order valence-corrected chi connectivity index (χ2v) is 5.85. The van der Waals surface area contributed by atoms with Gasteiger partial charge in [0.2, 0.25) is 11.8 Å². The van der Waals surface area contributed by atoms with Crippen LogP contribution in [0.25, 0.3) is 0 Å². The Hall–Kier alpha value is -2.41. The maximum Gasteiger partial charge on any atom is 0.328 e. The Morgan fingerprint density at radius 1 is 1.33 bits per heavy atom. The lowest BCUT2D eigenvalue weighted by atomic mass is 10.1. The van der Waals surface area contributed by atoms with E-state index < -0.39 is 30.1 Å². The van der Waals surface area contributed by atoms with Gasteiger partial charge in [-0.1, -0.05) is 30.3 Å². The lowest BCUT2D eigenvalue weighted by Gasteiger charge is -2.24. The minimum absolute atomic E-state index is 0.120. The highest BCUT2D eigenvalue weighted by Gasteiger charge is 2.38. The number of hydrogen-bond donors (Lipinski definition) is 2. The smallest absolute Gasteiger partial charge is 0.328 e. The Morgan fingerprint density at radius 2 is 2.00 bits per heavy atom. The van der Waals surface area contributed by atoms with Crippen LogP contribution in [0.1, 0.15) is 18.9 Å². The number of hydrogen-bond acceptors (Lipinski definition) is 5. The molecule has 0 unspecified atom stereocenters. The molecule has 1 saturated heterocycles. The van der Waals surface area contributed by atoms with Crippen LogP contribution in [0.5, 0.6) is 0 Å². The Bertz CT molecular complexity index is 604. The topological polar surface area (TPSA) is 95.9 Å². The Labute approximate surface area is 140 Å². The molecule has 1 aromatic rings. The monoisotopic (exact) mass is 334 g/mol. The highest BCUT2D eigenvalue weighted by Crippen LogP contribution is 2.18. The molecule has 7 nitrogen and oxygen atoms in total. The van der Waals surface area contributed by atoms with Gasteiger partial charge in [0.1, 0.15) is 12.1 Å². The van der Waals surface area contributed by atoms with Crippen LogP contribution in [0.15, 0.2) is 30.3 Å². The van der Waals surface area contributed by atoms with Gasteiger partial charge in [-0.3, -0.25) is 9.59 Å². The van der Waals surface area contributed by atoms with E-state index in [1.165, 1.54) is 18.9 Å². The van der Waals surface area contributed by atoms with E-state index >= 15 is 0 Å². The Morgan fingerprint density at radius 3 is 2.58 bits per heavy atom. The van der Waals surface area contributed by atoms with E-state index in [1.807, 2.05) is 30.3 Å². The summed E-state index contributed by atoms with van der Waals surface area (Å²) in [6, 6.07) is 7.62. The summed E-state index contributed by atoms with van der Waals surface area (Å²) in [6.45, 7) is 1.47. The summed E-state index contributed by atoms with van der Waals surface area (Å²) < 4.78 is 4.76. The van der Waals surface area contributed by atoms with Crippen molar-refractivity contribution in [2.24, 2.45) is 0 Å². The van der Waals surface area contributed by atoms with Crippen LogP contribution in [0, 0.1) is 0 Å². The average molecular weight is 334 g/mol. The van der Waals surface area contributed by atoms with Gasteiger partial charge in [-0.05, 0) is 5.56 Å². The summed E-state index contributed by atoms with van der Waals surface area (Å²) in [5.41, 5.74) is 0.878. The second-order valence-electron chi connectivity index (χ2n) is 5.85. The maximum absolute atomic E-state index is 12.5. The minimum Gasteiger partial charge on any atom is -0.467 e. The van der Waals surface area contributed by atoms with Crippen molar-refractivity contribution in [3.05, 3.63) is 35.9 Å². The minimum atomic E-state index is -0.851. The molecule has 0 spiro atoms. The van der Waals surface area contributed by atoms with E-state index in [0.29, 0.717) is 0 Å². The lowest BCUT2D eigenvalue weighted by molar-refractivity contribution is -0.146. The molecule has 0 bridgehead atoms.